The number of carbonyl (C=O) groups excluding carboxylic acids is 1. The zero-order valence-electron chi connectivity index (χ0n) is 12.3. The standard InChI is InChI=1S/C14H20N6O/c1-10-12(7-15-17-10)8-19-5-3-13(9-19)20-6-4-14(18-20)16-11(2)21/h4,6-7,13H,3,5,8-9H2,1-2H3,(H,15,17)(H,16,18,21)/t13-/m1/s1. The summed E-state index contributed by atoms with van der Waals surface area (Å²) in [5, 5.41) is 14.2. The van der Waals surface area contributed by atoms with Gasteiger partial charge in [0, 0.05) is 50.1 Å². The van der Waals surface area contributed by atoms with E-state index in [4.69, 9.17) is 0 Å². The van der Waals surface area contributed by atoms with Crippen LogP contribution in [0.2, 0.25) is 0 Å². The Bertz CT molecular complexity index is 631. The number of aromatic nitrogens is 4. The summed E-state index contributed by atoms with van der Waals surface area (Å²) in [6, 6.07) is 2.20. The molecule has 1 fully saturated rings. The fourth-order valence-corrected chi connectivity index (χ4v) is 2.74. The molecule has 0 saturated carbocycles. The van der Waals surface area contributed by atoms with E-state index in [0.29, 0.717) is 11.9 Å². The van der Waals surface area contributed by atoms with Gasteiger partial charge < -0.3 is 5.32 Å². The first-order valence-corrected chi connectivity index (χ1v) is 7.16. The molecule has 1 amide bonds. The van der Waals surface area contributed by atoms with Gasteiger partial charge in [-0.1, -0.05) is 0 Å². The maximum absolute atomic E-state index is 11.0. The fourth-order valence-electron chi connectivity index (χ4n) is 2.74. The average Bonchev–Trinajstić information content (AvgIpc) is 3.12. The maximum atomic E-state index is 11.0. The van der Waals surface area contributed by atoms with Crippen molar-refractivity contribution in [2.75, 3.05) is 18.4 Å². The third-order valence-corrected chi connectivity index (χ3v) is 3.86. The van der Waals surface area contributed by atoms with Crippen LogP contribution < -0.4 is 5.32 Å². The molecule has 2 aromatic heterocycles. The number of nitrogens with zero attached hydrogens (tertiary/aromatic N) is 4. The van der Waals surface area contributed by atoms with Gasteiger partial charge in [-0.15, -0.1) is 0 Å². The predicted octanol–water partition coefficient (Wildman–Crippen LogP) is 1.32. The molecule has 21 heavy (non-hydrogen) atoms. The molecule has 0 aromatic carbocycles. The summed E-state index contributed by atoms with van der Waals surface area (Å²) in [5.41, 5.74) is 2.38. The minimum Gasteiger partial charge on any atom is -0.309 e. The Morgan fingerprint density at radius 2 is 2.43 bits per heavy atom. The van der Waals surface area contributed by atoms with Crippen LogP contribution in [0.3, 0.4) is 0 Å². The van der Waals surface area contributed by atoms with Gasteiger partial charge in [0.05, 0.1) is 12.2 Å². The Labute approximate surface area is 123 Å². The molecule has 1 atom stereocenters. The monoisotopic (exact) mass is 288 g/mol. The van der Waals surface area contributed by atoms with Crippen molar-refractivity contribution < 1.29 is 4.79 Å². The summed E-state index contributed by atoms with van der Waals surface area (Å²) in [5.74, 6) is 0.523. The van der Waals surface area contributed by atoms with E-state index < -0.39 is 0 Å². The van der Waals surface area contributed by atoms with Crippen LogP contribution >= 0.6 is 0 Å². The van der Waals surface area contributed by atoms with Crippen molar-refractivity contribution in [1.29, 1.82) is 0 Å². The summed E-state index contributed by atoms with van der Waals surface area (Å²) in [4.78, 5) is 13.4. The van der Waals surface area contributed by atoms with Gasteiger partial charge in [-0.25, -0.2) is 0 Å². The van der Waals surface area contributed by atoms with Crippen molar-refractivity contribution in [3.05, 3.63) is 29.7 Å². The van der Waals surface area contributed by atoms with Gasteiger partial charge in [0.15, 0.2) is 5.82 Å². The van der Waals surface area contributed by atoms with Gasteiger partial charge in [0.2, 0.25) is 5.91 Å². The first kappa shape index (κ1) is 13.8. The second kappa shape index (κ2) is 5.69. The van der Waals surface area contributed by atoms with E-state index in [1.165, 1.54) is 12.5 Å². The molecule has 0 bridgehead atoms. The fraction of sp³-hybridized carbons (Fsp3) is 0.500. The highest BCUT2D eigenvalue weighted by molar-refractivity contribution is 5.87. The maximum Gasteiger partial charge on any atom is 0.222 e. The van der Waals surface area contributed by atoms with Crippen molar-refractivity contribution in [3.8, 4) is 0 Å². The number of rotatable bonds is 4. The molecule has 0 spiro atoms. The van der Waals surface area contributed by atoms with Crippen LogP contribution in [-0.4, -0.2) is 43.9 Å². The summed E-state index contributed by atoms with van der Waals surface area (Å²) >= 11 is 0. The zero-order valence-corrected chi connectivity index (χ0v) is 12.3. The molecular weight excluding hydrogens is 268 g/mol. The number of aryl methyl sites for hydroxylation is 1. The molecule has 2 aromatic rings. The number of likely N-dealkylation sites (tertiary alicyclic amines) is 1. The third-order valence-electron chi connectivity index (χ3n) is 3.86. The first-order chi connectivity index (χ1) is 10.1. The molecule has 1 saturated heterocycles. The molecule has 7 heteroatoms. The van der Waals surface area contributed by atoms with Crippen molar-refractivity contribution in [2.45, 2.75) is 32.9 Å². The molecule has 3 rings (SSSR count). The van der Waals surface area contributed by atoms with Crippen LogP contribution in [0.25, 0.3) is 0 Å². The number of carbonyl (C=O) groups is 1. The molecule has 3 heterocycles. The highest BCUT2D eigenvalue weighted by atomic mass is 16.1. The van der Waals surface area contributed by atoms with Crippen LogP contribution in [0.1, 0.15) is 30.6 Å². The minimum atomic E-state index is -0.0938. The number of hydrogen-bond acceptors (Lipinski definition) is 4. The van der Waals surface area contributed by atoms with E-state index in [9.17, 15) is 4.79 Å². The summed E-state index contributed by atoms with van der Waals surface area (Å²) in [6.45, 7) is 6.46. The lowest BCUT2D eigenvalue weighted by Gasteiger charge is -2.15. The van der Waals surface area contributed by atoms with Crippen molar-refractivity contribution >= 4 is 11.7 Å². The largest absolute Gasteiger partial charge is 0.309 e. The highest BCUT2D eigenvalue weighted by Gasteiger charge is 2.25. The van der Waals surface area contributed by atoms with E-state index >= 15 is 0 Å². The lowest BCUT2D eigenvalue weighted by molar-refractivity contribution is -0.114. The van der Waals surface area contributed by atoms with Gasteiger partial charge in [-0.3, -0.25) is 19.5 Å². The molecule has 112 valence electrons. The number of amides is 1. The Hall–Kier alpha value is -2.15. The molecule has 1 aliphatic heterocycles. The summed E-state index contributed by atoms with van der Waals surface area (Å²) in [6.07, 6.45) is 4.89. The Morgan fingerprint density at radius 3 is 3.14 bits per heavy atom. The van der Waals surface area contributed by atoms with Crippen LogP contribution in [0.15, 0.2) is 18.5 Å². The van der Waals surface area contributed by atoms with Gasteiger partial charge >= 0.3 is 0 Å². The van der Waals surface area contributed by atoms with Crippen molar-refractivity contribution in [1.82, 2.24) is 24.9 Å². The summed E-state index contributed by atoms with van der Waals surface area (Å²) in [7, 11) is 0. The summed E-state index contributed by atoms with van der Waals surface area (Å²) < 4.78 is 1.95. The molecular formula is C14H20N6O. The van der Waals surface area contributed by atoms with E-state index in [-0.39, 0.29) is 5.91 Å². The van der Waals surface area contributed by atoms with E-state index in [2.05, 4.69) is 25.5 Å². The van der Waals surface area contributed by atoms with Gasteiger partial charge in [-0.2, -0.15) is 10.2 Å². The number of hydrogen-bond donors (Lipinski definition) is 2. The molecule has 0 aliphatic carbocycles. The Kier molecular flexibility index (Phi) is 3.74. The molecule has 7 nitrogen and oxygen atoms in total. The van der Waals surface area contributed by atoms with Crippen LogP contribution in [0, 0.1) is 6.92 Å². The zero-order chi connectivity index (χ0) is 14.8. The van der Waals surface area contributed by atoms with Crippen LogP contribution in [0.5, 0.6) is 0 Å². The second-order valence-corrected chi connectivity index (χ2v) is 5.56. The van der Waals surface area contributed by atoms with E-state index in [0.717, 1.165) is 31.7 Å². The topological polar surface area (TPSA) is 78.8 Å². The van der Waals surface area contributed by atoms with Gasteiger partial charge in [0.25, 0.3) is 0 Å². The van der Waals surface area contributed by atoms with Crippen LogP contribution in [0.4, 0.5) is 5.82 Å². The quantitative estimate of drug-likeness (QED) is 0.889. The normalized spacial score (nSPS) is 19.0. The number of anilines is 1. The number of H-pyrrole nitrogens is 1. The van der Waals surface area contributed by atoms with Crippen molar-refractivity contribution in [3.63, 3.8) is 0 Å². The van der Waals surface area contributed by atoms with Crippen molar-refractivity contribution in [2.24, 2.45) is 0 Å². The molecule has 0 unspecified atom stereocenters. The number of nitrogens with one attached hydrogen (secondary N) is 2. The van der Waals surface area contributed by atoms with Gasteiger partial charge in [-0.05, 0) is 13.3 Å². The second-order valence-electron chi connectivity index (χ2n) is 5.56. The average molecular weight is 288 g/mol. The van der Waals surface area contributed by atoms with Crippen LogP contribution in [-0.2, 0) is 11.3 Å². The lowest BCUT2D eigenvalue weighted by Crippen LogP contribution is -2.21. The molecule has 1 aliphatic rings. The predicted molar refractivity (Wildman–Crippen MR) is 78.8 cm³/mol. The lowest BCUT2D eigenvalue weighted by atomic mass is 10.2. The van der Waals surface area contributed by atoms with Gasteiger partial charge in [0.1, 0.15) is 0 Å². The molecule has 2 N–H and O–H groups in total. The van der Waals surface area contributed by atoms with E-state index in [1.54, 1.807) is 0 Å². The Balaban J connectivity index is 1.60. The number of aromatic amines is 1. The first-order valence-electron chi connectivity index (χ1n) is 7.16. The minimum absolute atomic E-state index is 0.0938. The highest BCUT2D eigenvalue weighted by Crippen LogP contribution is 2.23. The smallest absolute Gasteiger partial charge is 0.222 e. The molecule has 0 radical (unpaired) electrons. The Morgan fingerprint density at radius 1 is 1.57 bits per heavy atom. The SMILES string of the molecule is CC(=O)Nc1ccn([C@@H]2CCN(Cc3cn[nH]c3C)C2)n1. The third kappa shape index (κ3) is 3.13. The van der Waals surface area contributed by atoms with E-state index in [1.807, 2.05) is 30.1 Å².